The Bertz CT molecular complexity index is 614. The minimum atomic E-state index is -5.01. The number of hydrogen-bond acceptors (Lipinski definition) is 6. The minimum Gasteiger partial charge on any atom is -0.405 e. The van der Waals surface area contributed by atoms with E-state index in [1.807, 2.05) is 0 Å². The molecule has 0 saturated carbocycles. The largest absolute Gasteiger partial charge is 0.574 e. The van der Waals surface area contributed by atoms with E-state index in [0.717, 1.165) is 10.7 Å². The zero-order valence-corrected chi connectivity index (χ0v) is 9.53. The van der Waals surface area contributed by atoms with Crippen LogP contribution in [0.25, 0.3) is 5.82 Å². The van der Waals surface area contributed by atoms with Gasteiger partial charge in [0.1, 0.15) is 12.7 Å². The fourth-order valence-corrected chi connectivity index (χ4v) is 1.24. The monoisotopic (exact) mass is 289 g/mol. The number of halogens is 3. The van der Waals surface area contributed by atoms with Crippen LogP contribution in [0.4, 0.5) is 18.0 Å². The van der Waals surface area contributed by atoms with E-state index in [0.29, 0.717) is 0 Å². The summed E-state index contributed by atoms with van der Waals surface area (Å²) in [7, 11) is 0. The Morgan fingerprint density at radius 1 is 1.35 bits per heavy atom. The number of pyridine rings is 1. The van der Waals surface area contributed by atoms with Gasteiger partial charge in [0.2, 0.25) is 0 Å². The van der Waals surface area contributed by atoms with Crippen molar-refractivity contribution < 1.29 is 27.4 Å². The molecule has 2 N–H and O–H groups in total. The van der Waals surface area contributed by atoms with Gasteiger partial charge in [-0.3, -0.25) is 0 Å². The van der Waals surface area contributed by atoms with Crippen LogP contribution < -0.4 is 15.2 Å². The molecule has 20 heavy (non-hydrogen) atoms. The molecule has 2 aromatic heterocycles. The molecular formula is C9H6F3N5O3. The second-order valence-corrected chi connectivity index (χ2v) is 3.28. The predicted octanol–water partition coefficient (Wildman–Crippen LogP) is 1.02. The summed E-state index contributed by atoms with van der Waals surface area (Å²) in [6, 6.07) is 2.28. The van der Waals surface area contributed by atoms with Crippen molar-refractivity contribution >= 4 is 6.09 Å². The number of primary amides is 1. The van der Waals surface area contributed by atoms with E-state index in [1.165, 1.54) is 18.7 Å². The van der Waals surface area contributed by atoms with Gasteiger partial charge in [0, 0.05) is 0 Å². The summed E-state index contributed by atoms with van der Waals surface area (Å²) in [6.45, 7) is 0. The van der Waals surface area contributed by atoms with E-state index >= 15 is 0 Å². The van der Waals surface area contributed by atoms with Gasteiger partial charge in [-0.05, 0) is 12.1 Å². The Morgan fingerprint density at radius 3 is 2.65 bits per heavy atom. The first-order valence-corrected chi connectivity index (χ1v) is 4.94. The molecule has 0 saturated heterocycles. The van der Waals surface area contributed by atoms with Crippen LogP contribution >= 0.6 is 0 Å². The molecule has 2 heterocycles. The van der Waals surface area contributed by atoms with Crippen LogP contribution in [-0.4, -0.2) is 32.2 Å². The lowest BCUT2D eigenvalue weighted by Gasteiger charge is -2.12. The van der Waals surface area contributed by atoms with Gasteiger partial charge in [-0.15, -0.1) is 13.2 Å². The highest BCUT2D eigenvalue weighted by atomic mass is 19.4. The van der Waals surface area contributed by atoms with Crippen LogP contribution in [-0.2, 0) is 0 Å². The van der Waals surface area contributed by atoms with Crippen LogP contribution in [0.15, 0.2) is 24.8 Å². The molecule has 2 rings (SSSR count). The maximum absolute atomic E-state index is 12.3. The van der Waals surface area contributed by atoms with Crippen molar-refractivity contribution in [1.82, 2.24) is 19.7 Å². The smallest absolute Gasteiger partial charge is 0.405 e. The summed E-state index contributed by atoms with van der Waals surface area (Å²) < 4.78 is 45.9. The Labute approximate surface area is 108 Å². The van der Waals surface area contributed by atoms with Crippen molar-refractivity contribution in [3.05, 3.63) is 24.8 Å². The fourth-order valence-electron chi connectivity index (χ4n) is 1.24. The number of carbonyl (C=O) groups excluding carboxylic acids is 1. The van der Waals surface area contributed by atoms with Crippen molar-refractivity contribution in [2.75, 3.05) is 0 Å². The van der Waals surface area contributed by atoms with Crippen LogP contribution in [0.3, 0.4) is 0 Å². The molecular weight excluding hydrogens is 283 g/mol. The fraction of sp³-hybridized carbons (Fsp3) is 0.111. The molecule has 0 unspecified atom stereocenters. The third-order valence-corrected chi connectivity index (χ3v) is 1.89. The van der Waals surface area contributed by atoms with Gasteiger partial charge in [-0.1, -0.05) is 0 Å². The average Bonchev–Trinajstić information content (AvgIpc) is 2.82. The Kier molecular flexibility index (Phi) is 3.41. The molecule has 0 aliphatic rings. The van der Waals surface area contributed by atoms with E-state index in [-0.39, 0.29) is 5.82 Å². The molecule has 2 aromatic rings. The Morgan fingerprint density at radius 2 is 2.10 bits per heavy atom. The maximum Gasteiger partial charge on any atom is 0.574 e. The Hall–Kier alpha value is -2.85. The van der Waals surface area contributed by atoms with Gasteiger partial charge in [0.25, 0.3) is 5.88 Å². The van der Waals surface area contributed by atoms with Gasteiger partial charge in [-0.25, -0.2) is 14.5 Å². The molecule has 8 nitrogen and oxygen atoms in total. The lowest BCUT2D eigenvalue weighted by molar-refractivity contribution is -0.276. The molecule has 106 valence electrons. The van der Waals surface area contributed by atoms with E-state index in [1.54, 1.807) is 0 Å². The highest BCUT2D eigenvalue weighted by Gasteiger charge is 2.34. The van der Waals surface area contributed by atoms with Crippen LogP contribution in [0.1, 0.15) is 0 Å². The first-order valence-electron chi connectivity index (χ1n) is 4.94. The normalized spacial score (nSPS) is 11.2. The zero-order valence-electron chi connectivity index (χ0n) is 9.53. The predicted molar refractivity (Wildman–Crippen MR) is 56.0 cm³/mol. The quantitative estimate of drug-likeness (QED) is 0.904. The number of nitrogens with two attached hydrogens (primary N) is 1. The van der Waals surface area contributed by atoms with Crippen LogP contribution in [0.5, 0.6) is 11.6 Å². The van der Waals surface area contributed by atoms with Crippen molar-refractivity contribution in [3.63, 3.8) is 0 Å². The lowest BCUT2D eigenvalue weighted by atomic mass is 10.4. The standard InChI is InChI=1S/C9H6F3N5O3/c10-9(11,12)20-7-5(19-8(13)18)1-2-6(16-7)17-4-14-3-15-17/h1-4H,(H2,13,18). The zero-order chi connectivity index (χ0) is 14.8. The molecule has 1 amide bonds. The summed E-state index contributed by atoms with van der Waals surface area (Å²) in [6.07, 6.45) is -3.93. The van der Waals surface area contributed by atoms with Crippen LogP contribution in [0.2, 0.25) is 0 Å². The topological polar surface area (TPSA) is 105 Å². The van der Waals surface area contributed by atoms with Crippen molar-refractivity contribution in [2.24, 2.45) is 5.73 Å². The SMILES string of the molecule is NC(=O)Oc1ccc(-n2cncn2)nc1OC(F)(F)F. The molecule has 0 radical (unpaired) electrons. The minimum absolute atomic E-state index is 0.0152. The van der Waals surface area contributed by atoms with Crippen molar-refractivity contribution in [3.8, 4) is 17.4 Å². The molecule has 0 fully saturated rings. The number of nitrogens with zero attached hydrogens (tertiary/aromatic N) is 4. The number of carbonyl (C=O) groups is 1. The number of rotatable bonds is 3. The molecule has 11 heteroatoms. The number of aromatic nitrogens is 4. The maximum atomic E-state index is 12.3. The van der Waals surface area contributed by atoms with E-state index < -0.39 is 24.1 Å². The van der Waals surface area contributed by atoms with Crippen LogP contribution in [0, 0.1) is 0 Å². The summed E-state index contributed by atoms with van der Waals surface area (Å²) in [5.41, 5.74) is 4.74. The highest BCUT2D eigenvalue weighted by Crippen LogP contribution is 2.31. The third-order valence-electron chi connectivity index (χ3n) is 1.89. The van der Waals surface area contributed by atoms with Gasteiger partial charge >= 0.3 is 12.5 Å². The second-order valence-electron chi connectivity index (χ2n) is 3.28. The molecule has 0 bridgehead atoms. The number of alkyl halides is 3. The average molecular weight is 289 g/mol. The number of amides is 1. The van der Waals surface area contributed by atoms with E-state index in [9.17, 15) is 18.0 Å². The van der Waals surface area contributed by atoms with Crippen molar-refractivity contribution in [2.45, 2.75) is 6.36 Å². The first kappa shape index (κ1) is 13.6. The summed E-state index contributed by atoms with van der Waals surface area (Å²) >= 11 is 0. The Balaban J connectivity index is 2.41. The number of ether oxygens (including phenoxy) is 2. The molecule has 0 spiro atoms. The van der Waals surface area contributed by atoms with Gasteiger partial charge in [0.15, 0.2) is 11.6 Å². The van der Waals surface area contributed by atoms with Gasteiger partial charge in [-0.2, -0.15) is 10.1 Å². The molecule has 0 atom stereocenters. The molecule has 0 aliphatic heterocycles. The first-order chi connectivity index (χ1) is 9.35. The highest BCUT2D eigenvalue weighted by molar-refractivity contribution is 5.69. The summed E-state index contributed by atoms with van der Waals surface area (Å²) in [5, 5.41) is 3.69. The molecule has 0 aliphatic carbocycles. The third kappa shape index (κ3) is 3.34. The second kappa shape index (κ2) is 5.03. The van der Waals surface area contributed by atoms with E-state index in [4.69, 9.17) is 5.73 Å². The summed E-state index contributed by atoms with van der Waals surface area (Å²) in [4.78, 5) is 17.8. The van der Waals surface area contributed by atoms with Gasteiger partial charge in [0.05, 0.1) is 0 Å². The number of hydrogen-bond donors (Lipinski definition) is 1. The summed E-state index contributed by atoms with van der Waals surface area (Å²) in [5.74, 6) is -1.55. The lowest BCUT2D eigenvalue weighted by Crippen LogP contribution is -2.21. The van der Waals surface area contributed by atoms with Crippen molar-refractivity contribution in [1.29, 1.82) is 0 Å². The molecule has 0 aromatic carbocycles. The van der Waals surface area contributed by atoms with E-state index in [2.05, 4.69) is 24.5 Å². The van der Waals surface area contributed by atoms with Gasteiger partial charge < -0.3 is 15.2 Å².